The molecule has 2 aromatic rings. The number of halogens is 2. The Morgan fingerprint density at radius 2 is 2.14 bits per heavy atom. The molecule has 2 rings (SSSR count). The third-order valence-electron chi connectivity index (χ3n) is 2.56. The fourth-order valence-corrected chi connectivity index (χ4v) is 1.71. The number of furan rings is 1. The molecule has 1 N–H and O–H groups in total. The van der Waals surface area contributed by atoms with Gasteiger partial charge in [-0.15, -0.1) is 0 Å². The topological polar surface area (TPSA) is 68.5 Å². The molecule has 1 atom stereocenters. The van der Waals surface area contributed by atoms with Gasteiger partial charge >= 0.3 is 5.97 Å². The summed E-state index contributed by atoms with van der Waals surface area (Å²) in [5.74, 6) is -1.87. The van der Waals surface area contributed by atoms with Crippen LogP contribution in [0.1, 0.15) is 17.5 Å². The molecule has 0 aliphatic heterocycles. The zero-order valence-electron chi connectivity index (χ0n) is 10.9. The van der Waals surface area contributed by atoms with Crippen molar-refractivity contribution in [1.29, 1.82) is 0 Å². The zero-order chi connectivity index (χ0) is 15.4. The van der Waals surface area contributed by atoms with Gasteiger partial charge < -0.3 is 14.5 Å². The number of hydrogen-bond acceptors (Lipinski definition) is 4. The van der Waals surface area contributed by atoms with Gasteiger partial charge in [0.15, 0.2) is 6.10 Å². The smallest absolute Gasteiger partial charge is 0.374 e. The number of ether oxygens (including phenoxy) is 1. The maximum atomic E-state index is 12.9. The van der Waals surface area contributed by atoms with E-state index in [1.165, 1.54) is 31.4 Å². The lowest BCUT2D eigenvalue weighted by atomic mass is 10.3. The predicted molar refractivity (Wildman–Crippen MR) is 73.6 cm³/mol. The summed E-state index contributed by atoms with van der Waals surface area (Å²) in [5, 5.41) is 2.49. The summed E-state index contributed by atoms with van der Waals surface area (Å²) in [6.45, 7) is 1.40. The highest BCUT2D eigenvalue weighted by molar-refractivity contribution is 6.33. The Bertz CT molecular complexity index is 657. The van der Waals surface area contributed by atoms with Crippen molar-refractivity contribution in [1.82, 2.24) is 0 Å². The Balaban J connectivity index is 1.98. The molecule has 0 fully saturated rings. The van der Waals surface area contributed by atoms with Gasteiger partial charge in [0.25, 0.3) is 5.91 Å². The minimum atomic E-state index is -1.07. The summed E-state index contributed by atoms with van der Waals surface area (Å²) in [5.41, 5.74) is 0.226. The first-order valence-corrected chi connectivity index (χ1v) is 6.35. The number of anilines is 1. The van der Waals surface area contributed by atoms with Gasteiger partial charge in [0.05, 0.1) is 17.0 Å². The van der Waals surface area contributed by atoms with Gasteiger partial charge in [0, 0.05) is 0 Å². The number of nitrogens with one attached hydrogen (secondary N) is 1. The number of esters is 1. The molecule has 1 amide bonds. The highest BCUT2D eigenvalue weighted by Crippen LogP contribution is 2.22. The number of carbonyl (C=O) groups is 2. The van der Waals surface area contributed by atoms with E-state index in [9.17, 15) is 14.0 Å². The van der Waals surface area contributed by atoms with Crippen molar-refractivity contribution < 1.29 is 23.1 Å². The Morgan fingerprint density at radius 3 is 2.76 bits per heavy atom. The summed E-state index contributed by atoms with van der Waals surface area (Å²) in [6, 6.07) is 6.48. The number of hydrogen-bond donors (Lipinski definition) is 1. The summed E-state index contributed by atoms with van der Waals surface area (Å²) in [4.78, 5) is 23.5. The molecule has 1 heterocycles. The summed E-state index contributed by atoms with van der Waals surface area (Å²) < 4.78 is 22.7. The van der Waals surface area contributed by atoms with Crippen molar-refractivity contribution >= 4 is 29.2 Å². The normalized spacial score (nSPS) is 11.8. The molecule has 1 aromatic heterocycles. The fourth-order valence-electron chi connectivity index (χ4n) is 1.49. The first-order valence-electron chi connectivity index (χ1n) is 5.98. The van der Waals surface area contributed by atoms with E-state index in [1.807, 2.05) is 0 Å². The van der Waals surface area contributed by atoms with Crippen LogP contribution in [0, 0.1) is 5.82 Å². The molecule has 0 saturated heterocycles. The molecule has 7 heteroatoms. The van der Waals surface area contributed by atoms with Crippen LogP contribution < -0.4 is 5.32 Å². The minimum absolute atomic E-state index is 0.00513. The summed E-state index contributed by atoms with van der Waals surface area (Å²) >= 11 is 5.79. The van der Waals surface area contributed by atoms with E-state index in [0.29, 0.717) is 0 Å². The molecule has 5 nitrogen and oxygen atoms in total. The third kappa shape index (κ3) is 3.82. The molecule has 0 aliphatic rings. The van der Waals surface area contributed by atoms with E-state index < -0.39 is 23.8 Å². The van der Waals surface area contributed by atoms with Crippen LogP contribution in [-0.2, 0) is 9.53 Å². The highest BCUT2D eigenvalue weighted by Gasteiger charge is 2.21. The lowest BCUT2D eigenvalue weighted by Gasteiger charge is -2.13. The van der Waals surface area contributed by atoms with Gasteiger partial charge in [-0.1, -0.05) is 11.6 Å². The van der Waals surface area contributed by atoms with E-state index in [0.717, 1.165) is 12.1 Å². The van der Waals surface area contributed by atoms with E-state index in [4.69, 9.17) is 20.8 Å². The lowest BCUT2D eigenvalue weighted by molar-refractivity contribution is -0.123. The van der Waals surface area contributed by atoms with Crippen molar-refractivity contribution in [2.75, 3.05) is 5.32 Å². The fraction of sp³-hybridized carbons (Fsp3) is 0.143. The van der Waals surface area contributed by atoms with Crippen LogP contribution in [0.4, 0.5) is 10.1 Å². The van der Waals surface area contributed by atoms with Crippen molar-refractivity contribution in [2.24, 2.45) is 0 Å². The summed E-state index contributed by atoms with van der Waals surface area (Å²) in [6.07, 6.45) is 0.253. The number of carbonyl (C=O) groups excluding carboxylic acids is 2. The van der Waals surface area contributed by atoms with Crippen LogP contribution in [-0.4, -0.2) is 18.0 Å². The Morgan fingerprint density at radius 1 is 1.38 bits per heavy atom. The van der Waals surface area contributed by atoms with Gasteiger partial charge in [-0.2, -0.15) is 0 Å². The Kier molecular flexibility index (Phi) is 4.59. The number of amides is 1. The van der Waals surface area contributed by atoms with Crippen LogP contribution in [0.25, 0.3) is 0 Å². The van der Waals surface area contributed by atoms with Gasteiger partial charge in [0.1, 0.15) is 5.82 Å². The Hall–Kier alpha value is -2.34. The molecule has 0 saturated carbocycles. The standard InChI is InChI=1S/C14H11ClFNO4/c1-8(21-14(19)12-3-2-6-20-12)13(18)17-11-5-4-9(16)7-10(11)15/h2-8H,1H3,(H,17,18)/t8-/m1/s1. The quantitative estimate of drug-likeness (QED) is 0.880. The molecular formula is C14H11ClFNO4. The largest absolute Gasteiger partial charge is 0.457 e. The molecule has 110 valence electrons. The SMILES string of the molecule is C[C@@H](OC(=O)c1ccco1)C(=O)Nc1ccc(F)cc1Cl. The van der Waals surface area contributed by atoms with E-state index in [1.54, 1.807) is 0 Å². The zero-order valence-corrected chi connectivity index (χ0v) is 11.7. The second-order valence-electron chi connectivity index (χ2n) is 4.14. The van der Waals surface area contributed by atoms with Gasteiger partial charge in [0.2, 0.25) is 5.76 Å². The molecule has 0 radical (unpaired) electrons. The van der Waals surface area contributed by atoms with Crippen LogP contribution in [0.5, 0.6) is 0 Å². The number of rotatable bonds is 4. The van der Waals surface area contributed by atoms with Crippen LogP contribution in [0.2, 0.25) is 5.02 Å². The molecule has 21 heavy (non-hydrogen) atoms. The molecule has 0 bridgehead atoms. The van der Waals surface area contributed by atoms with Gasteiger partial charge in [-0.05, 0) is 37.3 Å². The average molecular weight is 312 g/mol. The second-order valence-corrected chi connectivity index (χ2v) is 4.55. The number of benzene rings is 1. The van der Waals surface area contributed by atoms with Crippen LogP contribution >= 0.6 is 11.6 Å². The molecule has 1 aromatic carbocycles. The van der Waals surface area contributed by atoms with Crippen molar-refractivity contribution in [3.63, 3.8) is 0 Å². The van der Waals surface area contributed by atoms with Gasteiger partial charge in [-0.25, -0.2) is 9.18 Å². The monoisotopic (exact) mass is 311 g/mol. The van der Waals surface area contributed by atoms with Crippen LogP contribution in [0.15, 0.2) is 41.0 Å². The first-order chi connectivity index (χ1) is 9.97. The summed E-state index contributed by atoms with van der Waals surface area (Å²) in [7, 11) is 0. The third-order valence-corrected chi connectivity index (χ3v) is 2.88. The van der Waals surface area contributed by atoms with E-state index >= 15 is 0 Å². The molecule has 0 spiro atoms. The first kappa shape index (κ1) is 15.1. The van der Waals surface area contributed by atoms with E-state index in [2.05, 4.69) is 5.32 Å². The molecule has 0 aliphatic carbocycles. The molecule has 0 unspecified atom stereocenters. The maximum Gasteiger partial charge on any atom is 0.374 e. The maximum absolute atomic E-state index is 12.9. The van der Waals surface area contributed by atoms with Crippen molar-refractivity contribution in [3.8, 4) is 0 Å². The average Bonchev–Trinajstić information content (AvgIpc) is 2.95. The predicted octanol–water partition coefficient (Wildman–Crippen LogP) is 3.26. The van der Waals surface area contributed by atoms with Crippen molar-refractivity contribution in [3.05, 3.63) is 53.2 Å². The highest BCUT2D eigenvalue weighted by atomic mass is 35.5. The van der Waals surface area contributed by atoms with Crippen LogP contribution in [0.3, 0.4) is 0 Å². The Labute approximate surface area is 124 Å². The second kappa shape index (κ2) is 6.41. The van der Waals surface area contributed by atoms with Crippen molar-refractivity contribution in [2.45, 2.75) is 13.0 Å². The lowest BCUT2D eigenvalue weighted by Crippen LogP contribution is -2.30. The van der Waals surface area contributed by atoms with E-state index in [-0.39, 0.29) is 16.5 Å². The molecular weight excluding hydrogens is 301 g/mol. The van der Waals surface area contributed by atoms with Gasteiger partial charge in [-0.3, -0.25) is 4.79 Å². The minimum Gasteiger partial charge on any atom is -0.457 e.